The number of rotatable bonds is 5. The highest BCUT2D eigenvalue weighted by molar-refractivity contribution is 5.83. The number of fused-ring (bicyclic) bond motifs is 1. The lowest BCUT2D eigenvalue weighted by atomic mass is 10.0. The quantitative estimate of drug-likeness (QED) is 0.763. The molecule has 1 N–H and O–H groups in total. The first-order valence-corrected chi connectivity index (χ1v) is 9.43. The maximum absolute atomic E-state index is 10.7. The van der Waals surface area contributed by atoms with E-state index in [2.05, 4.69) is 70.5 Å². The monoisotopic (exact) mass is 346 g/mol. The average Bonchev–Trinajstić information content (AvgIpc) is 2.70. The van der Waals surface area contributed by atoms with E-state index in [1.165, 1.54) is 16.3 Å². The van der Waals surface area contributed by atoms with E-state index < -0.39 is 6.10 Å². The first kappa shape index (κ1) is 17.2. The fourth-order valence-electron chi connectivity index (χ4n) is 3.74. The molecule has 1 heterocycles. The molecule has 1 atom stereocenters. The molecule has 4 rings (SSSR count). The Hall–Kier alpha value is -2.20. The molecule has 1 saturated heterocycles. The summed E-state index contributed by atoms with van der Waals surface area (Å²) >= 11 is 0. The Kier molecular flexibility index (Phi) is 5.30. The zero-order valence-electron chi connectivity index (χ0n) is 15.1. The molecule has 3 aromatic carbocycles. The molecule has 1 unspecified atom stereocenters. The molecule has 3 aromatic rings. The van der Waals surface area contributed by atoms with E-state index in [9.17, 15) is 5.11 Å². The van der Waals surface area contributed by atoms with Gasteiger partial charge in [-0.1, -0.05) is 66.7 Å². The van der Waals surface area contributed by atoms with Crippen molar-refractivity contribution in [2.75, 3.05) is 32.7 Å². The Labute approximate surface area is 155 Å². The van der Waals surface area contributed by atoms with Gasteiger partial charge in [-0.15, -0.1) is 0 Å². The largest absolute Gasteiger partial charge is 0.387 e. The second-order valence-corrected chi connectivity index (χ2v) is 7.18. The second-order valence-electron chi connectivity index (χ2n) is 7.18. The standard InChI is InChI=1S/C23H26N2O/c26-23(22-11-10-20-8-4-5-9-21(20)16-22)18-25-14-12-24(13-15-25)17-19-6-2-1-3-7-19/h1-11,16,23,26H,12-15,17-18H2. The van der Waals surface area contributed by atoms with Crippen LogP contribution in [0.5, 0.6) is 0 Å². The van der Waals surface area contributed by atoms with E-state index in [0.29, 0.717) is 6.54 Å². The molecule has 0 saturated carbocycles. The predicted octanol–water partition coefficient (Wildman–Crippen LogP) is 3.69. The highest BCUT2D eigenvalue weighted by Gasteiger charge is 2.20. The van der Waals surface area contributed by atoms with Crippen molar-refractivity contribution < 1.29 is 5.11 Å². The van der Waals surface area contributed by atoms with Crippen LogP contribution in [0, 0.1) is 0 Å². The third kappa shape index (κ3) is 4.13. The van der Waals surface area contributed by atoms with Gasteiger partial charge in [-0.25, -0.2) is 0 Å². The first-order valence-electron chi connectivity index (χ1n) is 9.43. The van der Waals surface area contributed by atoms with Gasteiger partial charge in [0.05, 0.1) is 6.10 Å². The van der Waals surface area contributed by atoms with Gasteiger partial charge in [-0.3, -0.25) is 9.80 Å². The van der Waals surface area contributed by atoms with Crippen LogP contribution in [0.2, 0.25) is 0 Å². The van der Waals surface area contributed by atoms with Crippen molar-refractivity contribution in [1.29, 1.82) is 0 Å². The zero-order chi connectivity index (χ0) is 17.8. The molecule has 0 aliphatic carbocycles. The lowest BCUT2D eigenvalue weighted by molar-refractivity contribution is 0.0701. The summed E-state index contributed by atoms with van der Waals surface area (Å²) in [6.45, 7) is 5.85. The molecule has 1 aliphatic heterocycles. The minimum atomic E-state index is -0.430. The van der Waals surface area contributed by atoms with Crippen LogP contribution in [0.25, 0.3) is 10.8 Å². The minimum absolute atomic E-state index is 0.430. The van der Waals surface area contributed by atoms with Gasteiger partial charge in [0.1, 0.15) is 0 Å². The van der Waals surface area contributed by atoms with E-state index in [1.807, 2.05) is 12.1 Å². The van der Waals surface area contributed by atoms with Crippen molar-refractivity contribution >= 4 is 10.8 Å². The molecule has 26 heavy (non-hydrogen) atoms. The second kappa shape index (κ2) is 8.00. The number of nitrogens with zero attached hydrogens (tertiary/aromatic N) is 2. The Morgan fingerprint density at radius 1 is 0.731 bits per heavy atom. The summed E-state index contributed by atoms with van der Waals surface area (Å²) in [7, 11) is 0. The molecule has 0 radical (unpaired) electrons. The van der Waals surface area contributed by atoms with Crippen molar-refractivity contribution in [3.63, 3.8) is 0 Å². The van der Waals surface area contributed by atoms with Crippen LogP contribution >= 0.6 is 0 Å². The van der Waals surface area contributed by atoms with E-state index in [0.717, 1.165) is 38.3 Å². The molecular weight excluding hydrogens is 320 g/mol. The summed E-state index contributed by atoms with van der Waals surface area (Å²) in [5, 5.41) is 13.1. The molecule has 1 aliphatic rings. The van der Waals surface area contributed by atoms with Crippen LogP contribution < -0.4 is 0 Å². The third-order valence-corrected chi connectivity index (χ3v) is 5.30. The maximum Gasteiger partial charge on any atom is 0.0917 e. The van der Waals surface area contributed by atoms with Gasteiger partial charge in [0.25, 0.3) is 0 Å². The maximum atomic E-state index is 10.7. The van der Waals surface area contributed by atoms with Gasteiger partial charge in [-0.05, 0) is 28.0 Å². The summed E-state index contributed by atoms with van der Waals surface area (Å²) in [5.74, 6) is 0. The third-order valence-electron chi connectivity index (χ3n) is 5.30. The van der Waals surface area contributed by atoms with Crippen LogP contribution in [-0.2, 0) is 6.54 Å². The van der Waals surface area contributed by atoms with Crippen LogP contribution in [0.4, 0.5) is 0 Å². The lowest BCUT2D eigenvalue weighted by Gasteiger charge is -2.35. The number of benzene rings is 3. The minimum Gasteiger partial charge on any atom is -0.387 e. The summed E-state index contributed by atoms with van der Waals surface area (Å²) < 4.78 is 0. The molecule has 3 nitrogen and oxygen atoms in total. The number of aliphatic hydroxyl groups excluding tert-OH is 1. The van der Waals surface area contributed by atoms with Crippen LogP contribution in [0.15, 0.2) is 72.8 Å². The topological polar surface area (TPSA) is 26.7 Å². The molecular formula is C23H26N2O. The van der Waals surface area contributed by atoms with Crippen molar-refractivity contribution in [3.05, 3.63) is 83.9 Å². The molecule has 0 bridgehead atoms. The summed E-state index contributed by atoms with van der Waals surface area (Å²) in [4.78, 5) is 4.87. The van der Waals surface area contributed by atoms with Gasteiger partial charge >= 0.3 is 0 Å². The first-order chi connectivity index (χ1) is 12.8. The Bertz CT molecular complexity index is 841. The number of hydrogen-bond acceptors (Lipinski definition) is 3. The smallest absolute Gasteiger partial charge is 0.0917 e. The van der Waals surface area contributed by atoms with E-state index in [1.54, 1.807) is 0 Å². The van der Waals surface area contributed by atoms with E-state index >= 15 is 0 Å². The Balaban J connectivity index is 1.32. The zero-order valence-corrected chi connectivity index (χ0v) is 15.1. The van der Waals surface area contributed by atoms with E-state index in [-0.39, 0.29) is 0 Å². The van der Waals surface area contributed by atoms with Gasteiger partial charge in [0.15, 0.2) is 0 Å². The summed E-state index contributed by atoms with van der Waals surface area (Å²) in [6, 6.07) is 25.2. The molecule has 0 amide bonds. The Morgan fingerprint density at radius 2 is 1.38 bits per heavy atom. The number of β-amino-alcohol motifs (C(OH)–C–C–N with tert-alkyl or cyclic N) is 1. The fraction of sp³-hybridized carbons (Fsp3) is 0.304. The summed E-state index contributed by atoms with van der Waals surface area (Å²) in [6.07, 6.45) is -0.430. The van der Waals surface area contributed by atoms with E-state index in [4.69, 9.17) is 0 Å². The van der Waals surface area contributed by atoms with Crippen molar-refractivity contribution in [3.8, 4) is 0 Å². The number of aliphatic hydroxyl groups is 1. The van der Waals surface area contributed by atoms with Gasteiger partial charge in [0.2, 0.25) is 0 Å². The average molecular weight is 346 g/mol. The van der Waals surface area contributed by atoms with Crippen LogP contribution in [0.1, 0.15) is 17.2 Å². The summed E-state index contributed by atoms with van der Waals surface area (Å²) in [5.41, 5.74) is 2.38. The highest BCUT2D eigenvalue weighted by Crippen LogP contribution is 2.21. The number of hydrogen-bond donors (Lipinski definition) is 1. The Morgan fingerprint density at radius 3 is 2.15 bits per heavy atom. The fourth-order valence-corrected chi connectivity index (χ4v) is 3.74. The predicted molar refractivity (Wildman–Crippen MR) is 107 cm³/mol. The van der Waals surface area contributed by atoms with Crippen molar-refractivity contribution in [1.82, 2.24) is 9.80 Å². The van der Waals surface area contributed by atoms with Crippen molar-refractivity contribution in [2.24, 2.45) is 0 Å². The SMILES string of the molecule is OC(CN1CCN(Cc2ccccc2)CC1)c1ccc2ccccc2c1. The normalized spacial score (nSPS) is 17.4. The molecule has 3 heteroatoms. The lowest BCUT2D eigenvalue weighted by Crippen LogP contribution is -2.47. The van der Waals surface area contributed by atoms with Gasteiger partial charge in [0, 0.05) is 39.3 Å². The number of piperazine rings is 1. The molecule has 0 spiro atoms. The van der Waals surface area contributed by atoms with Crippen molar-refractivity contribution in [2.45, 2.75) is 12.6 Å². The van der Waals surface area contributed by atoms with Crippen LogP contribution in [0.3, 0.4) is 0 Å². The molecule has 0 aromatic heterocycles. The molecule has 134 valence electrons. The highest BCUT2D eigenvalue weighted by atomic mass is 16.3. The van der Waals surface area contributed by atoms with Gasteiger partial charge in [-0.2, -0.15) is 0 Å². The van der Waals surface area contributed by atoms with Gasteiger partial charge < -0.3 is 5.11 Å². The van der Waals surface area contributed by atoms with Crippen LogP contribution in [-0.4, -0.2) is 47.6 Å². The molecule has 1 fully saturated rings.